The molecule has 1 amide bonds. The van der Waals surface area contributed by atoms with E-state index in [1.54, 1.807) is 0 Å². The standard InChI is InChI=1S/C19H24N2O/c22-19(15-4-3-5-15)21-10-8-14(9-11-21)12-16-13-20-18-7-2-1-6-17(16)18/h1-2,6-7,13-15,20H,3-5,8-12H2. The summed E-state index contributed by atoms with van der Waals surface area (Å²) in [4.78, 5) is 17.8. The summed E-state index contributed by atoms with van der Waals surface area (Å²) >= 11 is 0. The van der Waals surface area contributed by atoms with E-state index >= 15 is 0 Å². The van der Waals surface area contributed by atoms with Crippen molar-refractivity contribution in [2.24, 2.45) is 11.8 Å². The largest absolute Gasteiger partial charge is 0.361 e. The zero-order valence-corrected chi connectivity index (χ0v) is 13.1. The van der Waals surface area contributed by atoms with Gasteiger partial charge in [-0.15, -0.1) is 0 Å². The van der Waals surface area contributed by atoms with E-state index in [0.29, 0.717) is 17.7 Å². The van der Waals surface area contributed by atoms with Crippen LogP contribution in [0.4, 0.5) is 0 Å². The third-order valence-electron chi connectivity index (χ3n) is 5.56. The average molecular weight is 296 g/mol. The van der Waals surface area contributed by atoms with Gasteiger partial charge in [-0.05, 0) is 49.7 Å². The number of aromatic amines is 1. The molecule has 1 N–H and O–H groups in total. The number of hydrogen-bond donors (Lipinski definition) is 1. The number of nitrogens with one attached hydrogen (secondary N) is 1. The lowest BCUT2D eigenvalue weighted by atomic mass is 9.83. The zero-order valence-electron chi connectivity index (χ0n) is 13.1. The van der Waals surface area contributed by atoms with Gasteiger partial charge < -0.3 is 9.88 Å². The van der Waals surface area contributed by atoms with Gasteiger partial charge in [0.1, 0.15) is 0 Å². The van der Waals surface area contributed by atoms with Crippen LogP contribution in [-0.4, -0.2) is 28.9 Å². The van der Waals surface area contributed by atoms with Gasteiger partial charge in [-0.2, -0.15) is 0 Å². The van der Waals surface area contributed by atoms with Crippen LogP contribution in [-0.2, 0) is 11.2 Å². The summed E-state index contributed by atoms with van der Waals surface area (Å²) in [5, 5.41) is 1.36. The van der Waals surface area contributed by atoms with Gasteiger partial charge in [0.05, 0.1) is 0 Å². The molecule has 0 bridgehead atoms. The molecular weight excluding hydrogens is 272 g/mol. The van der Waals surface area contributed by atoms with Crippen molar-refractivity contribution < 1.29 is 4.79 Å². The molecule has 4 rings (SSSR count). The molecule has 0 radical (unpaired) electrons. The van der Waals surface area contributed by atoms with Gasteiger partial charge in [0.15, 0.2) is 0 Å². The first kappa shape index (κ1) is 13.9. The Labute approximate surface area is 131 Å². The van der Waals surface area contributed by atoms with E-state index in [-0.39, 0.29) is 0 Å². The minimum Gasteiger partial charge on any atom is -0.361 e. The summed E-state index contributed by atoms with van der Waals surface area (Å²) in [6.45, 7) is 1.92. The summed E-state index contributed by atoms with van der Waals surface area (Å²) in [6, 6.07) is 8.53. The molecule has 3 nitrogen and oxygen atoms in total. The van der Waals surface area contributed by atoms with Crippen LogP contribution in [0, 0.1) is 11.8 Å². The van der Waals surface area contributed by atoms with Crippen LogP contribution in [0.3, 0.4) is 0 Å². The molecule has 3 heteroatoms. The molecule has 2 aromatic rings. The van der Waals surface area contributed by atoms with E-state index in [2.05, 4.69) is 40.3 Å². The van der Waals surface area contributed by atoms with E-state index in [4.69, 9.17) is 0 Å². The third kappa shape index (κ3) is 2.53. The first-order chi connectivity index (χ1) is 10.8. The van der Waals surface area contributed by atoms with Crippen LogP contribution >= 0.6 is 0 Å². The SMILES string of the molecule is O=C(C1CCC1)N1CCC(Cc2c[nH]c3ccccc23)CC1. The van der Waals surface area contributed by atoms with Crippen molar-refractivity contribution in [1.29, 1.82) is 0 Å². The van der Waals surface area contributed by atoms with Crippen molar-refractivity contribution in [2.45, 2.75) is 38.5 Å². The van der Waals surface area contributed by atoms with Gasteiger partial charge in [0, 0.05) is 36.1 Å². The molecule has 22 heavy (non-hydrogen) atoms. The summed E-state index contributed by atoms with van der Waals surface area (Å²) in [7, 11) is 0. The lowest BCUT2D eigenvalue weighted by molar-refractivity contribution is -0.139. The Balaban J connectivity index is 1.36. The quantitative estimate of drug-likeness (QED) is 0.920. The number of H-pyrrole nitrogens is 1. The number of carbonyl (C=O) groups excluding carboxylic acids is 1. The molecule has 2 fully saturated rings. The molecule has 1 aliphatic heterocycles. The maximum atomic E-state index is 12.3. The third-order valence-corrected chi connectivity index (χ3v) is 5.56. The smallest absolute Gasteiger partial charge is 0.225 e. The Kier molecular flexibility index (Phi) is 3.65. The summed E-state index contributed by atoms with van der Waals surface area (Å²) in [5.74, 6) is 1.49. The van der Waals surface area contributed by atoms with E-state index < -0.39 is 0 Å². The average Bonchev–Trinajstić information content (AvgIpc) is 2.90. The van der Waals surface area contributed by atoms with Gasteiger partial charge in [-0.25, -0.2) is 0 Å². The topological polar surface area (TPSA) is 36.1 Å². The molecule has 0 atom stereocenters. The molecule has 1 saturated heterocycles. The molecule has 1 saturated carbocycles. The highest BCUT2D eigenvalue weighted by Crippen LogP contribution is 2.31. The van der Waals surface area contributed by atoms with Crippen LogP contribution in [0.1, 0.15) is 37.7 Å². The Morgan fingerprint density at radius 2 is 1.91 bits per heavy atom. The van der Waals surface area contributed by atoms with E-state index in [1.807, 2.05) is 0 Å². The zero-order chi connectivity index (χ0) is 14.9. The second-order valence-corrected chi connectivity index (χ2v) is 6.96. The first-order valence-electron chi connectivity index (χ1n) is 8.65. The number of piperidine rings is 1. The number of amides is 1. The van der Waals surface area contributed by atoms with Gasteiger partial charge >= 0.3 is 0 Å². The minimum absolute atomic E-state index is 0.352. The molecule has 1 aromatic heterocycles. The fourth-order valence-corrected chi connectivity index (χ4v) is 3.88. The number of aromatic nitrogens is 1. The van der Waals surface area contributed by atoms with Gasteiger partial charge in [-0.3, -0.25) is 4.79 Å². The van der Waals surface area contributed by atoms with E-state index in [9.17, 15) is 4.79 Å². The van der Waals surface area contributed by atoms with Crippen molar-refractivity contribution >= 4 is 16.8 Å². The molecular formula is C19H24N2O. The number of benzene rings is 1. The van der Waals surface area contributed by atoms with Crippen molar-refractivity contribution in [2.75, 3.05) is 13.1 Å². The summed E-state index contributed by atoms with van der Waals surface area (Å²) in [5.41, 5.74) is 2.66. The maximum absolute atomic E-state index is 12.3. The van der Waals surface area contributed by atoms with Crippen LogP contribution in [0.25, 0.3) is 10.9 Å². The molecule has 116 valence electrons. The van der Waals surface area contributed by atoms with Gasteiger partial charge in [0.25, 0.3) is 0 Å². The van der Waals surface area contributed by atoms with E-state index in [1.165, 1.54) is 22.9 Å². The number of para-hydroxylation sites is 1. The predicted octanol–water partition coefficient (Wildman–Crippen LogP) is 3.75. The van der Waals surface area contributed by atoms with Crippen LogP contribution < -0.4 is 0 Å². The van der Waals surface area contributed by atoms with Crippen molar-refractivity contribution in [1.82, 2.24) is 9.88 Å². The maximum Gasteiger partial charge on any atom is 0.225 e. The Bertz CT molecular complexity index is 663. The number of likely N-dealkylation sites (tertiary alicyclic amines) is 1. The van der Waals surface area contributed by atoms with Crippen LogP contribution in [0.2, 0.25) is 0 Å². The lowest BCUT2D eigenvalue weighted by Gasteiger charge is -2.36. The monoisotopic (exact) mass is 296 g/mol. The van der Waals surface area contributed by atoms with Crippen molar-refractivity contribution in [3.63, 3.8) is 0 Å². The summed E-state index contributed by atoms with van der Waals surface area (Å²) in [6.07, 6.45) is 9.08. The first-order valence-corrected chi connectivity index (χ1v) is 8.65. The number of carbonyl (C=O) groups is 1. The highest BCUT2D eigenvalue weighted by molar-refractivity contribution is 5.83. The normalized spacial score (nSPS) is 20.3. The number of fused-ring (bicyclic) bond motifs is 1. The fraction of sp³-hybridized carbons (Fsp3) is 0.526. The number of rotatable bonds is 3. The minimum atomic E-state index is 0.352. The Hall–Kier alpha value is -1.77. The molecule has 0 unspecified atom stereocenters. The van der Waals surface area contributed by atoms with Crippen molar-refractivity contribution in [3.8, 4) is 0 Å². The van der Waals surface area contributed by atoms with Crippen molar-refractivity contribution in [3.05, 3.63) is 36.0 Å². The van der Waals surface area contributed by atoms with Gasteiger partial charge in [-0.1, -0.05) is 24.6 Å². The predicted molar refractivity (Wildman–Crippen MR) is 88.6 cm³/mol. The highest BCUT2D eigenvalue weighted by Gasteiger charge is 2.31. The number of nitrogens with zero attached hydrogens (tertiary/aromatic N) is 1. The summed E-state index contributed by atoms with van der Waals surface area (Å²) < 4.78 is 0. The highest BCUT2D eigenvalue weighted by atomic mass is 16.2. The van der Waals surface area contributed by atoms with Crippen LogP contribution in [0.5, 0.6) is 0 Å². The molecule has 2 heterocycles. The van der Waals surface area contributed by atoms with Gasteiger partial charge in [0.2, 0.25) is 5.91 Å². The second-order valence-electron chi connectivity index (χ2n) is 6.96. The Morgan fingerprint density at radius 1 is 1.14 bits per heavy atom. The lowest BCUT2D eigenvalue weighted by Crippen LogP contribution is -2.43. The van der Waals surface area contributed by atoms with Crippen LogP contribution in [0.15, 0.2) is 30.5 Å². The molecule has 0 spiro atoms. The molecule has 2 aliphatic rings. The molecule has 1 aromatic carbocycles. The molecule has 1 aliphatic carbocycles. The van der Waals surface area contributed by atoms with E-state index in [0.717, 1.165) is 45.2 Å². The second kappa shape index (κ2) is 5.79. The Morgan fingerprint density at radius 3 is 2.64 bits per heavy atom. The number of hydrogen-bond acceptors (Lipinski definition) is 1. The fourth-order valence-electron chi connectivity index (χ4n) is 3.88.